The molecular weight excluding hydrogens is 343 g/mol. The Balaban J connectivity index is 0.00000484. The van der Waals surface area contributed by atoms with E-state index in [2.05, 4.69) is 20.4 Å². The second kappa shape index (κ2) is 10.2. The van der Waals surface area contributed by atoms with Gasteiger partial charge in [-0.15, -0.1) is 27.7 Å². The molecule has 0 spiro atoms. The van der Waals surface area contributed by atoms with Crippen LogP contribution in [0.3, 0.4) is 0 Å². The molecule has 0 heterocycles. The Morgan fingerprint density at radius 2 is 1.61 bits per heavy atom. The van der Waals surface area contributed by atoms with Gasteiger partial charge in [0, 0.05) is 5.02 Å². The Morgan fingerprint density at radius 3 is 2.13 bits per heavy atom. The first-order valence-electron chi connectivity index (χ1n) is 6.09. The Kier molecular flexibility index (Phi) is 9.12. The molecule has 1 atom stereocenters. The van der Waals surface area contributed by atoms with Crippen molar-refractivity contribution >= 4 is 47.9 Å². The van der Waals surface area contributed by atoms with Crippen LogP contribution in [0.4, 0.5) is 0 Å². The van der Waals surface area contributed by atoms with E-state index in [1.807, 2.05) is 0 Å². The Morgan fingerprint density at radius 1 is 1.04 bits per heavy atom. The highest BCUT2D eigenvalue weighted by Gasteiger charge is 2.11. The fourth-order valence-corrected chi connectivity index (χ4v) is 1.39. The van der Waals surface area contributed by atoms with Crippen molar-refractivity contribution in [1.82, 2.24) is 0 Å². The van der Waals surface area contributed by atoms with Crippen LogP contribution in [0.25, 0.3) is 0 Å². The van der Waals surface area contributed by atoms with E-state index in [0.717, 1.165) is 0 Å². The third-order valence-electron chi connectivity index (χ3n) is 2.19. The van der Waals surface area contributed by atoms with E-state index in [1.165, 1.54) is 6.21 Å². The highest BCUT2D eigenvalue weighted by atomic mass is 35.5. The van der Waals surface area contributed by atoms with E-state index in [1.54, 1.807) is 31.2 Å². The van der Waals surface area contributed by atoms with Gasteiger partial charge < -0.3 is 27.7 Å². The van der Waals surface area contributed by atoms with E-state index in [-0.39, 0.29) is 24.3 Å². The van der Waals surface area contributed by atoms with Crippen LogP contribution in [0.2, 0.25) is 5.02 Å². The molecule has 0 amide bonds. The summed E-state index contributed by atoms with van der Waals surface area (Å²) < 4.78 is 5.68. The lowest BCUT2D eigenvalue weighted by Gasteiger charge is -2.13. The smallest absolute Gasteiger partial charge is 0.211 e. The lowest BCUT2D eigenvalue weighted by Crippen LogP contribution is -2.27. The van der Waals surface area contributed by atoms with E-state index in [4.69, 9.17) is 39.3 Å². The van der Waals surface area contributed by atoms with Gasteiger partial charge in [-0.1, -0.05) is 11.6 Å². The molecule has 0 saturated carbocycles. The third-order valence-corrected chi connectivity index (χ3v) is 2.44. The molecule has 9 nitrogen and oxygen atoms in total. The average molecular weight is 361 g/mol. The minimum absolute atomic E-state index is 0. The number of hydrogen-bond donors (Lipinski definition) is 4. The molecule has 0 aliphatic carbocycles. The molecule has 1 aromatic rings. The van der Waals surface area contributed by atoms with Crippen LogP contribution in [-0.2, 0) is 0 Å². The van der Waals surface area contributed by atoms with Gasteiger partial charge in [0.25, 0.3) is 0 Å². The van der Waals surface area contributed by atoms with Crippen molar-refractivity contribution < 1.29 is 4.74 Å². The molecule has 126 valence electrons. The molecule has 8 N–H and O–H groups in total. The number of ether oxygens (including phenoxy) is 1. The normalized spacial score (nSPS) is 12.2. The monoisotopic (exact) mass is 360 g/mol. The van der Waals surface area contributed by atoms with Gasteiger partial charge in [0.2, 0.25) is 11.9 Å². The SMILES string of the molecule is CC(Oc1ccc(Cl)cc1)C(/C=N/N=C(N)N)=N/N=C(N)N.Cl. The minimum atomic E-state index is -0.512. The first-order chi connectivity index (χ1) is 10.4. The molecular formula is C12H18Cl2N8O. The molecule has 0 saturated heterocycles. The molecule has 0 aromatic heterocycles. The van der Waals surface area contributed by atoms with Crippen LogP contribution >= 0.6 is 24.0 Å². The third kappa shape index (κ3) is 8.49. The zero-order valence-electron chi connectivity index (χ0n) is 12.3. The minimum Gasteiger partial charge on any atom is -0.484 e. The summed E-state index contributed by atoms with van der Waals surface area (Å²) in [6.07, 6.45) is 0.773. The summed E-state index contributed by atoms with van der Waals surface area (Å²) in [5.74, 6) is 0.194. The maximum absolute atomic E-state index is 5.81. The van der Waals surface area contributed by atoms with Crippen molar-refractivity contribution in [2.45, 2.75) is 13.0 Å². The number of nitrogens with zero attached hydrogens (tertiary/aromatic N) is 4. The molecule has 23 heavy (non-hydrogen) atoms. The molecule has 0 aliphatic heterocycles. The molecule has 11 heteroatoms. The van der Waals surface area contributed by atoms with Crippen molar-refractivity contribution in [3.63, 3.8) is 0 Å². The Hall–Kier alpha value is -2.52. The van der Waals surface area contributed by atoms with Crippen molar-refractivity contribution in [2.24, 2.45) is 43.3 Å². The van der Waals surface area contributed by atoms with E-state index in [9.17, 15) is 0 Å². The van der Waals surface area contributed by atoms with E-state index in [0.29, 0.717) is 16.5 Å². The van der Waals surface area contributed by atoms with Gasteiger partial charge >= 0.3 is 0 Å². The summed E-state index contributed by atoms with van der Waals surface area (Å²) in [7, 11) is 0. The van der Waals surface area contributed by atoms with Crippen molar-refractivity contribution in [1.29, 1.82) is 0 Å². The number of rotatable bonds is 6. The van der Waals surface area contributed by atoms with Crippen molar-refractivity contribution in [2.75, 3.05) is 0 Å². The number of halogens is 2. The van der Waals surface area contributed by atoms with Gasteiger partial charge in [0.05, 0.1) is 6.21 Å². The van der Waals surface area contributed by atoms with Crippen LogP contribution in [0.1, 0.15) is 6.92 Å². The molecule has 0 bridgehead atoms. The van der Waals surface area contributed by atoms with Gasteiger partial charge in [-0.2, -0.15) is 5.10 Å². The predicted octanol–water partition coefficient (Wildman–Crippen LogP) is 0.418. The molecule has 0 radical (unpaired) electrons. The van der Waals surface area contributed by atoms with Crippen LogP contribution < -0.4 is 27.7 Å². The number of nitrogens with two attached hydrogens (primary N) is 4. The van der Waals surface area contributed by atoms with Gasteiger partial charge in [0.15, 0.2) is 0 Å². The lowest BCUT2D eigenvalue weighted by atomic mass is 10.2. The van der Waals surface area contributed by atoms with E-state index < -0.39 is 6.10 Å². The Bertz CT molecular complexity index is 604. The van der Waals surface area contributed by atoms with Crippen LogP contribution in [0.5, 0.6) is 5.75 Å². The molecule has 1 unspecified atom stereocenters. The van der Waals surface area contributed by atoms with Gasteiger partial charge in [0.1, 0.15) is 17.6 Å². The molecule has 0 fully saturated rings. The average Bonchev–Trinajstić information content (AvgIpc) is 2.44. The van der Waals surface area contributed by atoms with Crippen LogP contribution in [0.15, 0.2) is 44.7 Å². The quantitative estimate of drug-likeness (QED) is 0.327. The van der Waals surface area contributed by atoms with Crippen LogP contribution in [-0.4, -0.2) is 29.9 Å². The number of hydrogen-bond acceptors (Lipinski definition) is 5. The predicted molar refractivity (Wildman–Crippen MR) is 96.3 cm³/mol. The second-order valence-corrected chi connectivity index (χ2v) is 4.47. The highest BCUT2D eigenvalue weighted by Crippen LogP contribution is 2.17. The maximum atomic E-state index is 5.81. The zero-order chi connectivity index (χ0) is 16.5. The zero-order valence-corrected chi connectivity index (χ0v) is 13.8. The van der Waals surface area contributed by atoms with Crippen molar-refractivity contribution in [3.8, 4) is 5.75 Å². The molecule has 0 aliphatic rings. The summed E-state index contributed by atoms with van der Waals surface area (Å²) >= 11 is 5.81. The maximum Gasteiger partial charge on any atom is 0.211 e. The molecule has 1 aromatic carbocycles. The van der Waals surface area contributed by atoms with E-state index >= 15 is 0 Å². The fraction of sp³-hybridized carbons (Fsp3) is 0.167. The topological polar surface area (TPSA) is 163 Å². The summed E-state index contributed by atoms with van der Waals surface area (Å²) in [6, 6.07) is 6.82. The number of benzene rings is 1. The number of guanidine groups is 2. The summed E-state index contributed by atoms with van der Waals surface area (Å²) in [5, 5.41) is 15.1. The van der Waals surface area contributed by atoms with Gasteiger partial charge in [-0.3, -0.25) is 0 Å². The van der Waals surface area contributed by atoms with Crippen molar-refractivity contribution in [3.05, 3.63) is 29.3 Å². The molecule has 1 rings (SSSR count). The van der Waals surface area contributed by atoms with Gasteiger partial charge in [-0.05, 0) is 31.2 Å². The Labute approximate surface area is 144 Å². The summed E-state index contributed by atoms with van der Waals surface area (Å²) in [4.78, 5) is 0. The van der Waals surface area contributed by atoms with Crippen LogP contribution in [0, 0.1) is 0 Å². The second-order valence-electron chi connectivity index (χ2n) is 4.03. The summed E-state index contributed by atoms with van der Waals surface area (Å²) in [6.45, 7) is 1.73. The highest BCUT2D eigenvalue weighted by molar-refractivity contribution is 6.32. The lowest BCUT2D eigenvalue weighted by molar-refractivity contribution is 0.289. The van der Waals surface area contributed by atoms with Gasteiger partial charge in [-0.25, -0.2) is 0 Å². The largest absolute Gasteiger partial charge is 0.484 e. The summed E-state index contributed by atoms with van der Waals surface area (Å²) in [5.41, 5.74) is 21.1. The standard InChI is InChI=1S/C12H17ClN8O.ClH/c1-7(22-9-4-2-8(13)3-5-9)10(19-21-12(16)17)6-18-20-11(14)15;/h2-7H,1H3,(H4,14,15,20)(H4,16,17,21);1H/b18-6+,19-10+;. The first-order valence-corrected chi connectivity index (χ1v) is 6.47. The first kappa shape index (κ1) is 20.5. The fourth-order valence-electron chi connectivity index (χ4n) is 1.26.